The van der Waals surface area contributed by atoms with Crippen molar-refractivity contribution in [3.63, 3.8) is 0 Å². The Hall–Kier alpha value is -1.76. The summed E-state index contributed by atoms with van der Waals surface area (Å²) >= 11 is 0. The maximum absolute atomic E-state index is 12.1. The molecule has 1 aliphatic rings. The number of nitrogens with one attached hydrogen (secondary N) is 2. The molecule has 0 atom stereocenters. The highest BCUT2D eigenvalue weighted by Gasteiger charge is 2.28. The molecule has 1 heterocycles. The number of rotatable bonds is 3. The summed E-state index contributed by atoms with van der Waals surface area (Å²) in [5, 5.41) is 5.10. The second kappa shape index (κ2) is 6.13. The zero-order valence-electron chi connectivity index (χ0n) is 10.8. The van der Waals surface area contributed by atoms with Gasteiger partial charge >= 0.3 is 6.18 Å². The molecule has 1 aromatic carbocycles. The third kappa shape index (κ3) is 4.12. The van der Waals surface area contributed by atoms with E-state index >= 15 is 0 Å². The molecule has 4 nitrogen and oxygen atoms in total. The molecule has 0 spiro atoms. The van der Waals surface area contributed by atoms with E-state index in [0.29, 0.717) is 19.6 Å². The minimum Gasteiger partial charge on any atom is -0.361 e. The number of fused-ring (bicyclic) bond motifs is 1. The number of para-hydroxylation sites is 1. The Balaban J connectivity index is 2.00. The molecule has 110 valence electrons. The summed E-state index contributed by atoms with van der Waals surface area (Å²) in [5.74, 6) is -0.626. The summed E-state index contributed by atoms with van der Waals surface area (Å²) in [5.41, 5.74) is 1.92. The van der Waals surface area contributed by atoms with Crippen LogP contribution in [0.2, 0.25) is 0 Å². The normalized spacial score (nSPS) is 15.4. The zero-order valence-corrected chi connectivity index (χ0v) is 10.8. The highest BCUT2D eigenvalue weighted by molar-refractivity contribution is 5.81. The Morgan fingerprint density at radius 1 is 1.35 bits per heavy atom. The quantitative estimate of drug-likeness (QED) is 0.880. The number of halogens is 3. The molecular weight excluding hydrogens is 271 g/mol. The standard InChI is InChI=1S/C13H16F3N3O/c14-13(15,16)9-18-12(20)8-19-6-5-17-7-10-3-1-2-4-11(10)19/h1-4,17H,5-9H2,(H,18,20). The van der Waals surface area contributed by atoms with Gasteiger partial charge in [0, 0.05) is 25.3 Å². The van der Waals surface area contributed by atoms with E-state index < -0.39 is 18.6 Å². The van der Waals surface area contributed by atoms with Crippen LogP contribution in [0.15, 0.2) is 24.3 Å². The van der Waals surface area contributed by atoms with Crippen molar-refractivity contribution in [1.29, 1.82) is 0 Å². The first-order valence-electron chi connectivity index (χ1n) is 6.33. The fourth-order valence-corrected chi connectivity index (χ4v) is 2.12. The van der Waals surface area contributed by atoms with Crippen LogP contribution in [0.4, 0.5) is 18.9 Å². The van der Waals surface area contributed by atoms with E-state index in [-0.39, 0.29) is 6.54 Å². The molecule has 0 unspecified atom stereocenters. The number of hydrogen-bond acceptors (Lipinski definition) is 3. The molecule has 0 aromatic heterocycles. The molecule has 7 heteroatoms. The molecule has 0 saturated carbocycles. The molecule has 1 aliphatic heterocycles. The lowest BCUT2D eigenvalue weighted by Gasteiger charge is -2.24. The van der Waals surface area contributed by atoms with Crippen molar-refractivity contribution in [2.24, 2.45) is 0 Å². The SMILES string of the molecule is O=C(CN1CCNCc2ccccc21)NCC(F)(F)F. The summed E-state index contributed by atoms with van der Waals surface area (Å²) in [6.07, 6.45) is -4.38. The van der Waals surface area contributed by atoms with Gasteiger partial charge in [-0.25, -0.2) is 0 Å². The van der Waals surface area contributed by atoms with E-state index in [0.717, 1.165) is 11.3 Å². The third-order valence-corrected chi connectivity index (χ3v) is 3.03. The number of nitrogens with zero attached hydrogens (tertiary/aromatic N) is 1. The van der Waals surface area contributed by atoms with Crippen LogP contribution >= 0.6 is 0 Å². The third-order valence-electron chi connectivity index (χ3n) is 3.03. The topological polar surface area (TPSA) is 44.4 Å². The van der Waals surface area contributed by atoms with Crippen molar-refractivity contribution in [3.8, 4) is 0 Å². The Labute approximate surface area is 114 Å². The molecule has 20 heavy (non-hydrogen) atoms. The Morgan fingerprint density at radius 3 is 2.85 bits per heavy atom. The summed E-state index contributed by atoms with van der Waals surface area (Å²) in [7, 11) is 0. The monoisotopic (exact) mass is 287 g/mol. The van der Waals surface area contributed by atoms with Crippen LogP contribution in [0.3, 0.4) is 0 Å². The van der Waals surface area contributed by atoms with E-state index in [1.54, 1.807) is 4.90 Å². The van der Waals surface area contributed by atoms with Crippen molar-refractivity contribution in [2.45, 2.75) is 12.7 Å². The molecule has 1 amide bonds. The van der Waals surface area contributed by atoms with Gasteiger partial charge in [0.2, 0.25) is 5.91 Å². The largest absolute Gasteiger partial charge is 0.405 e. The maximum Gasteiger partial charge on any atom is 0.405 e. The number of carbonyl (C=O) groups is 1. The van der Waals surface area contributed by atoms with Crippen LogP contribution in [0.5, 0.6) is 0 Å². The Bertz CT molecular complexity index is 476. The number of anilines is 1. The Morgan fingerprint density at radius 2 is 2.10 bits per heavy atom. The summed E-state index contributed by atoms with van der Waals surface area (Å²) < 4.78 is 36.2. The first kappa shape index (κ1) is 14.6. The van der Waals surface area contributed by atoms with Gasteiger partial charge in [0.1, 0.15) is 6.54 Å². The van der Waals surface area contributed by atoms with Gasteiger partial charge in [-0.3, -0.25) is 4.79 Å². The lowest BCUT2D eigenvalue weighted by molar-refractivity contribution is -0.137. The van der Waals surface area contributed by atoms with Crippen LogP contribution in [-0.2, 0) is 11.3 Å². The van der Waals surface area contributed by atoms with E-state index in [1.165, 1.54) is 0 Å². The second-order valence-electron chi connectivity index (χ2n) is 4.62. The number of alkyl halides is 3. The maximum atomic E-state index is 12.1. The first-order chi connectivity index (χ1) is 9.46. The van der Waals surface area contributed by atoms with E-state index in [1.807, 2.05) is 29.6 Å². The van der Waals surface area contributed by atoms with Crippen molar-refractivity contribution < 1.29 is 18.0 Å². The molecule has 0 saturated heterocycles. The predicted molar refractivity (Wildman–Crippen MR) is 69.4 cm³/mol. The Kier molecular flexibility index (Phi) is 4.49. The fraction of sp³-hybridized carbons (Fsp3) is 0.462. The van der Waals surface area contributed by atoms with Gasteiger partial charge in [0.05, 0.1) is 6.54 Å². The molecule has 0 aliphatic carbocycles. The number of carbonyl (C=O) groups excluding carboxylic acids is 1. The van der Waals surface area contributed by atoms with Gasteiger partial charge in [-0.2, -0.15) is 13.2 Å². The summed E-state index contributed by atoms with van der Waals surface area (Å²) in [4.78, 5) is 13.4. The molecule has 2 N–H and O–H groups in total. The van der Waals surface area contributed by atoms with E-state index in [4.69, 9.17) is 0 Å². The van der Waals surface area contributed by atoms with Gasteiger partial charge in [-0.15, -0.1) is 0 Å². The van der Waals surface area contributed by atoms with Crippen molar-refractivity contribution in [3.05, 3.63) is 29.8 Å². The van der Waals surface area contributed by atoms with E-state index in [9.17, 15) is 18.0 Å². The minimum atomic E-state index is -4.38. The van der Waals surface area contributed by atoms with Crippen LogP contribution in [0.1, 0.15) is 5.56 Å². The zero-order chi connectivity index (χ0) is 14.6. The highest BCUT2D eigenvalue weighted by Crippen LogP contribution is 2.21. The predicted octanol–water partition coefficient (Wildman–Crippen LogP) is 1.27. The number of benzene rings is 1. The van der Waals surface area contributed by atoms with Crippen molar-refractivity contribution in [2.75, 3.05) is 31.1 Å². The van der Waals surface area contributed by atoms with Crippen LogP contribution in [-0.4, -0.2) is 38.3 Å². The fourth-order valence-electron chi connectivity index (χ4n) is 2.12. The summed E-state index contributed by atoms with van der Waals surface area (Å²) in [6, 6.07) is 7.56. The average Bonchev–Trinajstić information content (AvgIpc) is 2.59. The van der Waals surface area contributed by atoms with Crippen molar-refractivity contribution >= 4 is 11.6 Å². The lowest BCUT2D eigenvalue weighted by Crippen LogP contribution is -2.42. The minimum absolute atomic E-state index is 0.0746. The van der Waals surface area contributed by atoms with Crippen molar-refractivity contribution in [1.82, 2.24) is 10.6 Å². The van der Waals surface area contributed by atoms with Gasteiger partial charge in [0.15, 0.2) is 0 Å². The number of hydrogen-bond donors (Lipinski definition) is 2. The molecule has 0 fully saturated rings. The first-order valence-corrected chi connectivity index (χ1v) is 6.33. The van der Waals surface area contributed by atoms with Gasteiger partial charge in [-0.1, -0.05) is 18.2 Å². The summed E-state index contributed by atoms with van der Waals surface area (Å²) in [6.45, 7) is 0.586. The highest BCUT2D eigenvalue weighted by atomic mass is 19.4. The molecular formula is C13H16F3N3O. The smallest absolute Gasteiger partial charge is 0.361 e. The molecule has 1 aromatic rings. The number of amides is 1. The molecule has 0 radical (unpaired) electrons. The van der Waals surface area contributed by atoms with Gasteiger partial charge in [0.25, 0.3) is 0 Å². The van der Waals surface area contributed by atoms with Crippen LogP contribution in [0.25, 0.3) is 0 Å². The average molecular weight is 287 g/mol. The van der Waals surface area contributed by atoms with Gasteiger partial charge in [-0.05, 0) is 11.6 Å². The molecule has 2 rings (SSSR count). The van der Waals surface area contributed by atoms with Gasteiger partial charge < -0.3 is 15.5 Å². The second-order valence-corrected chi connectivity index (χ2v) is 4.62. The van der Waals surface area contributed by atoms with Crippen LogP contribution in [0, 0.1) is 0 Å². The van der Waals surface area contributed by atoms with E-state index in [2.05, 4.69) is 5.32 Å². The molecule has 0 bridgehead atoms. The van der Waals surface area contributed by atoms with Crippen LogP contribution < -0.4 is 15.5 Å². The lowest BCUT2D eigenvalue weighted by atomic mass is 10.1.